The van der Waals surface area contributed by atoms with E-state index in [4.69, 9.17) is 4.74 Å². The zero-order valence-corrected chi connectivity index (χ0v) is 18.9. The summed E-state index contributed by atoms with van der Waals surface area (Å²) in [6, 6.07) is 13.0. The lowest BCUT2D eigenvalue weighted by atomic mass is 9.79. The van der Waals surface area contributed by atoms with Crippen molar-refractivity contribution >= 4 is 27.2 Å². The zero-order chi connectivity index (χ0) is 20.8. The molecule has 1 aliphatic rings. The van der Waals surface area contributed by atoms with E-state index < -0.39 is 0 Å². The van der Waals surface area contributed by atoms with Crippen molar-refractivity contribution in [3.8, 4) is 16.3 Å². The summed E-state index contributed by atoms with van der Waals surface area (Å²) in [7, 11) is 3.85. The normalized spacial score (nSPS) is 18.7. The molecule has 154 valence electrons. The lowest BCUT2D eigenvalue weighted by Gasteiger charge is -2.48. The number of hydrogen-bond donors (Lipinski definition) is 1. The maximum absolute atomic E-state index is 5.67. The van der Waals surface area contributed by atoms with Crippen LogP contribution < -0.4 is 15.0 Å². The molecular formula is C23H30N4OS. The SMILES string of the molecule is COc1cc2ccccc2cc1-c1nnc(N(C)C2CC(C)(C)NC(C)(C)C2)s1. The van der Waals surface area contributed by atoms with Gasteiger partial charge in [-0.2, -0.15) is 0 Å². The van der Waals surface area contributed by atoms with Crippen molar-refractivity contribution < 1.29 is 4.74 Å². The van der Waals surface area contributed by atoms with Gasteiger partial charge < -0.3 is 15.0 Å². The third kappa shape index (κ3) is 4.09. The Balaban J connectivity index is 1.66. The van der Waals surface area contributed by atoms with E-state index in [0.717, 1.165) is 39.7 Å². The van der Waals surface area contributed by atoms with Crippen LogP contribution in [0, 0.1) is 0 Å². The van der Waals surface area contributed by atoms with Gasteiger partial charge in [-0.3, -0.25) is 0 Å². The van der Waals surface area contributed by atoms with Gasteiger partial charge in [0.05, 0.1) is 12.7 Å². The number of hydrogen-bond acceptors (Lipinski definition) is 6. The number of fused-ring (bicyclic) bond motifs is 1. The van der Waals surface area contributed by atoms with Crippen molar-refractivity contribution in [3.63, 3.8) is 0 Å². The molecular weight excluding hydrogens is 380 g/mol. The van der Waals surface area contributed by atoms with Crippen molar-refractivity contribution in [1.82, 2.24) is 15.5 Å². The molecule has 0 bridgehead atoms. The molecule has 2 aromatic carbocycles. The Hall–Kier alpha value is -2.18. The molecule has 0 spiro atoms. The highest BCUT2D eigenvalue weighted by atomic mass is 32.1. The monoisotopic (exact) mass is 410 g/mol. The molecule has 29 heavy (non-hydrogen) atoms. The third-order valence-corrected chi connectivity index (χ3v) is 6.78. The summed E-state index contributed by atoms with van der Waals surface area (Å²) in [5, 5.41) is 17.0. The topological polar surface area (TPSA) is 50.3 Å². The summed E-state index contributed by atoms with van der Waals surface area (Å²) in [5.74, 6) is 0.832. The van der Waals surface area contributed by atoms with Crippen LogP contribution in [0.3, 0.4) is 0 Å². The van der Waals surface area contributed by atoms with Crippen molar-refractivity contribution in [3.05, 3.63) is 36.4 Å². The van der Waals surface area contributed by atoms with Crippen LogP contribution in [0.2, 0.25) is 0 Å². The van der Waals surface area contributed by atoms with Gasteiger partial charge in [0.25, 0.3) is 0 Å². The van der Waals surface area contributed by atoms with Gasteiger partial charge in [-0.1, -0.05) is 35.6 Å². The molecule has 0 saturated carbocycles. The lowest BCUT2D eigenvalue weighted by Crippen LogP contribution is -2.61. The molecule has 5 nitrogen and oxygen atoms in total. The van der Waals surface area contributed by atoms with Crippen LogP contribution in [0.1, 0.15) is 40.5 Å². The summed E-state index contributed by atoms with van der Waals surface area (Å²) in [5.41, 5.74) is 1.18. The molecule has 3 aromatic rings. The Bertz CT molecular complexity index is 1010. The number of piperidine rings is 1. The predicted molar refractivity (Wildman–Crippen MR) is 122 cm³/mol. The van der Waals surface area contributed by atoms with Gasteiger partial charge in [0.1, 0.15) is 5.75 Å². The average molecular weight is 411 g/mol. The first kappa shape index (κ1) is 20.1. The van der Waals surface area contributed by atoms with Gasteiger partial charge in [0, 0.05) is 24.2 Å². The second-order valence-corrected chi connectivity index (χ2v) is 10.3. The summed E-state index contributed by atoms with van der Waals surface area (Å²) >= 11 is 1.63. The second kappa shape index (κ2) is 7.26. The molecule has 0 radical (unpaired) electrons. The molecule has 4 rings (SSSR count). The highest BCUT2D eigenvalue weighted by Crippen LogP contribution is 2.39. The minimum absolute atomic E-state index is 0.0930. The molecule has 0 aliphatic carbocycles. The van der Waals surface area contributed by atoms with Gasteiger partial charge >= 0.3 is 0 Å². The Labute approximate surface area is 177 Å². The quantitative estimate of drug-likeness (QED) is 0.647. The predicted octanol–water partition coefficient (Wildman–Crippen LogP) is 5.11. The highest BCUT2D eigenvalue weighted by molar-refractivity contribution is 7.18. The van der Waals surface area contributed by atoms with Gasteiger partial charge in [-0.25, -0.2) is 0 Å². The maximum atomic E-state index is 5.67. The van der Waals surface area contributed by atoms with Crippen molar-refractivity contribution in [2.75, 3.05) is 19.1 Å². The third-order valence-electron chi connectivity index (χ3n) is 5.73. The molecule has 2 heterocycles. The summed E-state index contributed by atoms with van der Waals surface area (Å²) < 4.78 is 5.67. The lowest BCUT2D eigenvalue weighted by molar-refractivity contribution is 0.161. The van der Waals surface area contributed by atoms with Gasteiger partial charge in [0.15, 0.2) is 5.01 Å². The van der Waals surface area contributed by atoms with Crippen LogP contribution in [0.25, 0.3) is 21.3 Å². The number of ether oxygens (including phenoxy) is 1. The number of benzene rings is 2. The molecule has 1 aromatic heterocycles. The van der Waals surface area contributed by atoms with Crippen LogP contribution in [0.15, 0.2) is 36.4 Å². The van der Waals surface area contributed by atoms with E-state index in [-0.39, 0.29) is 11.1 Å². The first-order valence-corrected chi connectivity index (χ1v) is 10.9. The number of aromatic nitrogens is 2. The first-order valence-electron chi connectivity index (χ1n) is 10.1. The van der Waals surface area contributed by atoms with Crippen molar-refractivity contribution in [1.29, 1.82) is 0 Å². The van der Waals surface area contributed by atoms with Crippen LogP contribution in [-0.2, 0) is 0 Å². The maximum Gasteiger partial charge on any atom is 0.208 e. The van der Waals surface area contributed by atoms with E-state index in [0.29, 0.717) is 6.04 Å². The largest absolute Gasteiger partial charge is 0.496 e. The fraction of sp³-hybridized carbons (Fsp3) is 0.478. The molecule has 1 saturated heterocycles. The van der Waals surface area contributed by atoms with Gasteiger partial charge in [0.2, 0.25) is 5.13 Å². The second-order valence-electron chi connectivity index (χ2n) is 9.36. The number of rotatable bonds is 4. The fourth-order valence-corrected chi connectivity index (χ4v) is 5.62. The number of methoxy groups -OCH3 is 1. The molecule has 1 fully saturated rings. The summed E-state index contributed by atoms with van der Waals surface area (Å²) in [6.45, 7) is 9.11. The van der Waals surface area contributed by atoms with E-state index in [1.807, 2.05) is 6.07 Å². The molecule has 6 heteroatoms. The number of anilines is 1. The van der Waals surface area contributed by atoms with Crippen LogP contribution >= 0.6 is 11.3 Å². The smallest absolute Gasteiger partial charge is 0.208 e. The molecule has 0 atom stereocenters. The molecule has 0 amide bonds. The van der Waals surface area contributed by atoms with Crippen molar-refractivity contribution in [2.24, 2.45) is 0 Å². The molecule has 1 aliphatic heterocycles. The first-order chi connectivity index (χ1) is 13.7. The Kier molecular flexibility index (Phi) is 5.03. The van der Waals surface area contributed by atoms with E-state index in [1.54, 1.807) is 18.4 Å². The molecule has 1 N–H and O–H groups in total. The van der Waals surface area contributed by atoms with Crippen LogP contribution in [0.4, 0.5) is 5.13 Å². The van der Waals surface area contributed by atoms with E-state index in [1.165, 1.54) is 5.39 Å². The fourth-order valence-electron chi connectivity index (χ4n) is 4.72. The minimum atomic E-state index is 0.0930. The van der Waals surface area contributed by atoms with Gasteiger partial charge in [-0.15, -0.1) is 10.2 Å². The molecule has 0 unspecified atom stereocenters. The van der Waals surface area contributed by atoms with E-state index in [2.05, 4.69) is 85.5 Å². The van der Waals surface area contributed by atoms with Crippen molar-refractivity contribution in [2.45, 2.75) is 57.7 Å². The number of nitrogens with zero attached hydrogens (tertiary/aromatic N) is 3. The summed E-state index contributed by atoms with van der Waals surface area (Å²) in [6.07, 6.45) is 2.14. The highest BCUT2D eigenvalue weighted by Gasteiger charge is 2.39. The summed E-state index contributed by atoms with van der Waals surface area (Å²) in [4.78, 5) is 2.30. The Morgan fingerprint density at radius 2 is 1.66 bits per heavy atom. The van der Waals surface area contributed by atoms with Crippen LogP contribution in [0.5, 0.6) is 5.75 Å². The van der Waals surface area contributed by atoms with E-state index in [9.17, 15) is 0 Å². The standard InChI is InChI=1S/C23H30N4OS/c1-22(2)13-17(14-23(3,4)26-22)27(5)21-25-24-20(29-21)18-11-15-9-7-8-10-16(15)12-19(18)28-6/h7-12,17,26H,13-14H2,1-6H3. The Morgan fingerprint density at radius 3 is 2.28 bits per heavy atom. The minimum Gasteiger partial charge on any atom is -0.496 e. The van der Waals surface area contributed by atoms with Gasteiger partial charge in [-0.05, 0) is 63.4 Å². The average Bonchev–Trinajstić information content (AvgIpc) is 3.13. The van der Waals surface area contributed by atoms with Crippen LogP contribution in [-0.4, -0.2) is 41.5 Å². The Morgan fingerprint density at radius 1 is 1.03 bits per heavy atom. The van der Waals surface area contributed by atoms with E-state index >= 15 is 0 Å². The zero-order valence-electron chi connectivity index (χ0n) is 18.1. The number of nitrogens with one attached hydrogen (secondary N) is 1.